The molecule has 0 aliphatic carbocycles. The first-order valence-electron chi connectivity index (χ1n) is 7.55. The molecule has 0 aliphatic rings. The molecule has 0 spiro atoms. The van der Waals surface area contributed by atoms with Crippen molar-refractivity contribution in [3.8, 4) is 0 Å². The maximum atomic E-state index is 12.1. The zero-order valence-electron chi connectivity index (χ0n) is 13.3. The summed E-state index contributed by atoms with van der Waals surface area (Å²) >= 11 is 0. The van der Waals surface area contributed by atoms with Crippen molar-refractivity contribution in [2.75, 3.05) is 6.54 Å². The number of carboxylic acid groups (broad SMARTS) is 1. The van der Waals surface area contributed by atoms with E-state index in [2.05, 4.69) is 10.6 Å². The van der Waals surface area contributed by atoms with Crippen molar-refractivity contribution in [2.45, 2.75) is 57.2 Å². The van der Waals surface area contributed by atoms with Gasteiger partial charge in [-0.1, -0.05) is 0 Å². The van der Waals surface area contributed by atoms with E-state index in [0.29, 0.717) is 32.1 Å². The molecule has 0 fully saturated rings. The average molecular weight is 330 g/mol. The van der Waals surface area contributed by atoms with E-state index in [1.165, 1.54) is 6.92 Å². The highest BCUT2D eigenvalue weighted by atomic mass is 16.4. The van der Waals surface area contributed by atoms with Gasteiger partial charge in [-0.05, 0) is 39.2 Å². The van der Waals surface area contributed by atoms with Gasteiger partial charge in [0.25, 0.3) is 0 Å². The fourth-order valence-electron chi connectivity index (χ4n) is 1.81. The van der Waals surface area contributed by atoms with Crippen LogP contribution in [0.2, 0.25) is 0 Å². The van der Waals surface area contributed by atoms with Gasteiger partial charge < -0.3 is 32.0 Å². The number of rotatable bonds is 12. The van der Waals surface area contributed by atoms with Gasteiger partial charge in [0.1, 0.15) is 12.3 Å². The zero-order chi connectivity index (χ0) is 17.8. The van der Waals surface area contributed by atoms with Gasteiger partial charge in [-0.3, -0.25) is 14.4 Å². The van der Waals surface area contributed by atoms with Crippen molar-refractivity contribution < 1.29 is 24.3 Å². The molecule has 0 unspecified atom stereocenters. The molecule has 0 radical (unpaired) electrons. The summed E-state index contributed by atoms with van der Waals surface area (Å²) in [5.74, 6) is -2.14. The van der Waals surface area contributed by atoms with Crippen LogP contribution in [0.3, 0.4) is 0 Å². The minimum absolute atomic E-state index is 0.0248. The van der Waals surface area contributed by atoms with Crippen LogP contribution >= 0.6 is 0 Å². The fraction of sp³-hybridized carbons (Fsp3) is 0.714. The minimum Gasteiger partial charge on any atom is -0.481 e. The molecule has 23 heavy (non-hydrogen) atoms. The Bertz CT molecular complexity index is 416. The smallest absolute Gasteiger partial charge is 0.303 e. The molecule has 0 bridgehead atoms. The predicted molar refractivity (Wildman–Crippen MR) is 83.4 cm³/mol. The number of aliphatic carboxylic acids is 1. The van der Waals surface area contributed by atoms with Crippen LogP contribution in [0.15, 0.2) is 0 Å². The van der Waals surface area contributed by atoms with Gasteiger partial charge in [-0.2, -0.15) is 0 Å². The van der Waals surface area contributed by atoms with E-state index in [1.54, 1.807) is 0 Å². The summed E-state index contributed by atoms with van der Waals surface area (Å²) in [5, 5.41) is 13.6. The summed E-state index contributed by atoms with van der Waals surface area (Å²) in [4.78, 5) is 45.1. The number of carbonyl (C=O) groups excluding carboxylic acids is 3. The quantitative estimate of drug-likeness (QED) is 0.214. The van der Waals surface area contributed by atoms with Crippen LogP contribution in [0.1, 0.15) is 39.0 Å². The number of amides is 2. The maximum absolute atomic E-state index is 12.1. The highest BCUT2D eigenvalue weighted by Gasteiger charge is 2.24. The van der Waals surface area contributed by atoms with Gasteiger partial charge in [-0.25, -0.2) is 0 Å². The Balaban J connectivity index is 4.65. The molecular weight excluding hydrogens is 304 g/mol. The molecule has 0 heterocycles. The molecule has 0 aromatic rings. The van der Waals surface area contributed by atoms with E-state index >= 15 is 0 Å². The van der Waals surface area contributed by atoms with Crippen LogP contribution in [0, 0.1) is 0 Å². The zero-order valence-corrected chi connectivity index (χ0v) is 13.3. The molecule has 0 aromatic heterocycles. The van der Waals surface area contributed by atoms with Crippen LogP contribution in [0.25, 0.3) is 0 Å². The third-order valence-electron chi connectivity index (χ3n) is 3.16. The lowest BCUT2D eigenvalue weighted by Crippen LogP contribution is -2.53. The second kappa shape index (κ2) is 11.6. The number of aldehydes is 1. The molecule has 0 rings (SSSR count). The molecule has 3 atom stereocenters. The van der Waals surface area contributed by atoms with Gasteiger partial charge >= 0.3 is 5.97 Å². The van der Waals surface area contributed by atoms with Crippen LogP contribution in [0.4, 0.5) is 0 Å². The standard InChI is InChI=1S/C14H26N4O5/c1-9(8-19)17-14(23)11(4-2-3-7-15)18-13(22)10(16)5-6-12(20)21/h8-11H,2-7,15-16H2,1H3,(H,17,23)(H,18,22)(H,20,21)/t9-,10+,11+/m1/s1. The number of hydrogen-bond donors (Lipinski definition) is 5. The largest absolute Gasteiger partial charge is 0.481 e. The molecule has 0 aliphatic heterocycles. The van der Waals surface area contributed by atoms with E-state index < -0.39 is 35.9 Å². The van der Waals surface area contributed by atoms with Crippen molar-refractivity contribution in [2.24, 2.45) is 11.5 Å². The molecular formula is C14H26N4O5. The lowest BCUT2D eigenvalue weighted by Gasteiger charge is -2.21. The monoisotopic (exact) mass is 330 g/mol. The summed E-state index contributed by atoms with van der Waals surface area (Å²) in [6, 6.07) is -2.52. The molecule has 2 amide bonds. The molecule has 7 N–H and O–H groups in total. The summed E-state index contributed by atoms with van der Waals surface area (Å²) in [7, 11) is 0. The number of carbonyl (C=O) groups is 4. The van der Waals surface area contributed by atoms with E-state index in [4.69, 9.17) is 16.6 Å². The fourth-order valence-corrected chi connectivity index (χ4v) is 1.81. The van der Waals surface area contributed by atoms with E-state index in [0.717, 1.165) is 0 Å². The Kier molecular flexibility index (Phi) is 10.5. The number of nitrogens with two attached hydrogens (primary N) is 2. The Morgan fingerprint density at radius 1 is 1.13 bits per heavy atom. The SMILES string of the molecule is C[C@H](C=O)NC(=O)[C@H](CCCCN)NC(=O)[C@@H](N)CCC(=O)O. The van der Waals surface area contributed by atoms with Crippen molar-refractivity contribution in [3.63, 3.8) is 0 Å². The third kappa shape index (κ3) is 9.59. The molecule has 0 saturated heterocycles. The average Bonchev–Trinajstić information content (AvgIpc) is 2.51. The molecule has 0 saturated carbocycles. The number of hydrogen-bond acceptors (Lipinski definition) is 6. The lowest BCUT2D eigenvalue weighted by atomic mass is 10.1. The van der Waals surface area contributed by atoms with Crippen LogP contribution < -0.4 is 22.1 Å². The second-order valence-corrected chi connectivity index (χ2v) is 5.32. The van der Waals surface area contributed by atoms with Gasteiger partial charge in [0, 0.05) is 6.42 Å². The molecule has 9 nitrogen and oxygen atoms in total. The molecule has 0 aromatic carbocycles. The Morgan fingerprint density at radius 3 is 2.30 bits per heavy atom. The van der Waals surface area contributed by atoms with Crippen LogP contribution in [-0.2, 0) is 19.2 Å². The second-order valence-electron chi connectivity index (χ2n) is 5.32. The number of nitrogens with one attached hydrogen (secondary N) is 2. The van der Waals surface area contributed by atoms with Gasteiger partial charge in [0.2, 0.25) is 11.8 Å². The van der Waals surface area contributed by atoms with Gasteiger partial charge in [0.15, 0.2) is 0 Å². The van der Waals surface area contributed by atoms with Crippen molar-refractivity contribution in [1.82, 2.24) is 10.6 Å². The van der Waals surface area contributed by atoms with E-state index in [9.17, 15) is 19.2 Å². The number of unbranched alkanes of at least 4 members (excludes halogenated alkanes) is 1. The van der Waals surface area contributed by atoms with Crippen molar-refractivity contribution in [1.29, 1.82) is 0 Å². The summed E-state index contributed by atoms with van der Waals surface area (Å²) in [5.41, 5.74) is 11.0. The van der Waals surface area contributed by atoms with E-state index in [-0.39, 0.29) is 12.8 Å². The summed E-state index contributed by atoms with van der Waals surface area (Å²) in [6.45, 7) is 1.98. The molecule has 9 heteroatoms. The Hall–Kier alpha value is -2.00. The summed E-state index contributed by atoms with van der Waals surface area (Å²) < 4.78 is 0. The maximum Gasteiger partial charge on any atom is 0.303 e. The first-order valence-corrected chi connectivity index (χ1v) is 7.55. The molecule has 132 valence electrons. The first-order chi connectivity index (χ1) is 10.8. The van der Waals surface area contributed by atoms with Crippen LogP contribution in [-0.4, -0.2) is 53.8 Å². The Labute approximate surface area is 135 Å². The normalized spacial score (nSPS) is 14.4. The first kappa shape index (κ1) is 21.0. The predicted octanol–water partition coefficient (Wildman–Crippen LogP) is -1.50. The summed E-state index contributed by atoms with van der Waals surface area (Å²) in [6.07, 6.45) is 1.98. The van der Waals surface area contributed by atoms with Gasteiger partial charge in [-0.15, -0.1) is 0 Å². The van der Waals surface area contributed by atoms with Crippen molar-refractivity contribution >= 4 is 24.1 Å². The highest BCUT2D eigenvalue weighted by molar-refractivity contribution is 5.90. The number of carboxylic acids is 1. The van der Waals surface area contributed by atoms with E-state index in [1.807, 2.05) is 0 Å². The highest BCUT2D eigenvalue weighted by Crippen LogP contribution is 2.03. The minimum atomic E-state index is -1.05. The van der Waals surface area contributed by atoms with Gasteiger partial charge in [0.05, 0.1) is 12.1 Å². The Morgan fingerprint density at radius 2 is 1.78 bits per heavy atom. The lowest BCUT2D eigenvalue weighted by molar-refractivity contribution is -0.137. The topological polar surface area (TPSA) is 165 Å². The van der Waals surface area contributed by atoms with Crippen LogP contribution in [0.5, 0.6) is 0 Å². The third-order valence-corrected chi connectivity index (χ3v) is 3.16. The van der Waals surface area contributed by atoms with Crippen molar-refractivity contribution in [3.05, 3.63) is 0 Å².